The number of carbonyl (C=O) groups is 1. The third-order valence-corrected chi connectivity index (χ3v) is 6.72. The first kappa shape index (κ1) is 23.1. The predicted octanol–water partition coefficient (Wildman–Crippen LogP) is 7.70. The van der Waals surface area contributed by atoms with E-state index in [0.717, 1.165) is 18.4 Å². The molecule has 1 atom stereocenters. The maximum absolute atomic E-state index is 11.2. The second-order valence-electron chi connectivity index (χ2n) is 9.04. The number of carboxylic acids is 1. The molecule has 1 N–H and O–H groups in total. The van der Waals surface area contributed by atoms with Gasteiger partial charge in [-0.25, -0.2) is 4.79 Å². The van der Waals surface area contributed by atoms with E-state index in [0.29, 0.717) is 11.5 Å². The summed E-state index contributed by atoms with van der Waals surface area (Å²) in [5.74, 6) is -0.0242. The number of benzene rings is 2. The smallest absolute Gasteiger partial charge is 0.335 e. The monoisotopic (exact) mass is 416 g/mol. The third kappa shape index (κ3) is 5.55. The highest BCUT2D eigenvalue weighted by atomic mass is 16.4. The van der Waals surface area contributed by atoms with E-state index in [-0.39, 0.29) is 11.3 Å². The summed E-state index contributed by atoms with van der Waals surface area (Å²) >= 11 is 0. The van der Waals surface area contributed by atoms with E-state index in [1.807, 2.05) is 12.1 Å². The number of aromatic carboxylic acids is 1. The van der Waals surface area contributed by atoms with Crippen LogP contribution in [-0.4, -0.2) is 11.1 Å². The molecule has 0 aromatic heterocycles. The summed E-state index contributed by atoms with van der Waals surface area (Å²) in [7, 11) is 0. The Kier molecular flexibility index (Phi) is 7.90. The van der Waals surface area contributed by atoms with E-state index in [1.54, 1.807) is 12.1 Å². The van der Waals surface area contributed by atoms with E-state index in [9.17, 15) is 4.79 Å². The van der Waals surface area contributed by atoms with Crippen molar-refractivity contribution in [3.05, 3.63) is 95.1 Å². The third-order valence-electron chi connectivity index (χ3n) is 6.72. The summed E-state index contributed by atoms with van der Waals surface area (Å²) in [6.07, 6.45) is 16.5. The fourth-order valence-electron chi connectivity index (χ4n) is 4.56. The molecule has 2 heteroatoms. The number of unbranched alkanes of at least 4 members (excludes halogenated alkanes) is 2. The van der Waals surface area contributed by atoms with Crippen LogP contribution in [0.3, 0.4) is 0 Å². The molecule has 1 aliphatic carbocycles. The first-order valence-electron chi connectivity index (χ1n) is 11.8. The lowest BCUT2D eigenvalue weighted by molar-refractivity contribution is 0.0697. The van der Waals surface area contributed by atoms with Crippen LogP contribution in [0.4, 0.5) is 0 Å². The molecule has 0 spiro atoms. The molecule has 0 heterocycles. The van der Waals surface area contributed by atoms with Crippen LogP contribution >= 0.6 is 0 Å². The Balaban J connectivity index is 1.92. The minimum atomic E-state index is -0.880. The van der Waals surface area contributed by atoms with Gasteiger partial charge in [-0.2, -0.15) is 0 Å². The SMILES string of the molecule is CCCCCC1(c2ccccc2C[C@@H](C)CC)C=CC(c2ccc(C(=O)O)cc2)C=C1. The molecule has 0 bridgehead atoms. The average molecular weight is 417 g/mol. The lowest BCUT2D eigenvalue weighted by Crippen LogP contribution is -2.25. The van der Waals surface area contributed by atoms with Crippen molar-refractivity contribution in [1.29, 1.82) is 0 Å². The van der Waals surface area contributed by atoms with Crippen molar-refractivity contribution in [2.45, 2.75) is 70.6 Å². The van der Waals surface area contributed by atoms with Gasteiger partial charge in [-0.05, 0) is 47.6 Å². The van der Waals surface area contributed by atoms with E-state index in [1.165, 1.54) is 36.8 Å². The quantitative estimate of drug-likeness (QED) is 0.318. The molecular formula is C29H36O2. The van der Waals surface area contributed by atoms with E-state index < -0.39 is 5.97 Å². The molecule has 0 saturated carbocycles. The molecule has 2 aromatic carbocycles. The molecule has 0 amide bonds. The molecule has 2 nitrogen and oxygen atoms in total. The summed E-state index contributed by atoms with van der Waals surface area (Å²) in [6, 6.07) is 16.2. The zero-order chi connectivity index (χ0) is 22.3. The van der Waals surface area contributed by atoms with Gasteiger partial charge in [0.05, 0.1) is 5.56 Å². The Morgan fingerprint density at radius 3 is 2.29 bits per heavy atom. The van der Waals surface area contributed by atoms with Crippen molar-refractivity contribution in [3.8, 4) is 0 Å². The molecule has 164 valence electrons. The average Bonchev–Trinajstić information content (AvgIpc) is 2.80. The summed E-state index contributed by atoms with van der Waals surface area (Å²) in [4.78, 5) is 11.2. The summed E-state index contributed by atoms with van der Waals surface area (Å²) in [5, 5.41) is 9.16. The number of hydrogen-bond donors (Lipinski definition) is 1. The maximum atomic E-state index is 11.2. The first-order valence-corrected chi connectivity index (χ1v) is 11.8. The fraction of sp³-hybridized carbons (Fsp3) is 0.414. The maximum Gasteiger partial charge on any atom is 0.335 e. The lowest BCUT2D eigenvalue weighted by atomic mass is 9.69. The van der Waals surface area contributed by atoms with Crippen molar-refractivity contribution in [2.75, 3.05) is 0 Å². The lowest BCUT2D eigenvalue weighted by Gasteiger charge is -2.34. The van der Waals surface area contributed by atoms with E-state index in [2.05, 4.69) is 69.3 Å². The van der Waals surface area contributed by atoms with E-state index >= 15 is 0 Å². The minimum absolute atomic E-state index is 0.0588. The Hall–Kier alpha value is -2.61. The zero-order valence-electron chi connectivity index (χ0n) is 19.2. The van der Waals surface area contributed by atoms with Gasteiger partial charge < -0.3 is 5.11 Å². The number of carboxylic acid groups (broad SMARTS) is 1. The molecule has 0 fully saturated rings. The molecule has 2 aromatic rings. The summed E-state index contributed by atoms with van der Waals surface area (Å²) in [5.41, 5.74) is 4.31. The normalized spacial score (nSPS) is 21.2. The minimum Gasteiger partial charge on any atom is -0.478 e. The van der Waals surface area contributed by atoms with Crippen molar-refractivity contribution >= 4 is 5.97 Å². The topological polar surface area (TPSA) is 37.3 Å². The molecule has 0 aliphatic heterocycles. The molecule has 0 unspecified atom stereocenters. The second kappa shape index (κ2) is 10.6. The van der Waals surface area contributed by atoms with Gasteiger partial charge in [0.1, 0.15) is 0 Å². The Morgan fingerprint density at radius 1 is 1.00 bits per heavy atom. The first-order chi connectivity index (χ1) is 15.0. The largest absolute Gasteiger partial charge is 0.478 e. The number of rotatable bonds is 10. The molecule has 3 rings (SSSR count). The van der Waals surface area contributed by atoms with Gasteiger partial charge >= 0.3 is 5.97 Å². The van der Waals surface area contributed by atoms with Crippen LogP contribution in [-0.2, 0) is 11.8 Å². The van der Waals surface area contributed by atoms with Crippen LogP contribution in [0.5, 0.6) is 0 Å². The van der Waals surface area contributed by atoms with Crippen molar-refractivity contribution in [2.24, 2.45) is 5.92 Å². The van der Waals surface area contributed by atoms with Gasteiger partial charge in [0.2, 0.25) is 0 Å². The van der Waals surface area contributed by atoms with Crippen LogP contribution in [0.2, 0.25) is 0 Å². The molecule has 1 aliphatic rings. The summed E-state index contributed by atoms with van der Waals surface area (Å²) < 4.78 is 0. The van der Waals surface area contributed by atoms with Crippen molar-refractivity contribution in [1.82, 2.24) is 0 Å². The fourth-order valence-corrected chi connectivity index (χ4v) is 4.56. The van der Waals surface area contributed by atoms with Gasteiger partial charge in [-0.3, -0.25) is 0 Å². The van der Waals surface area contributed by atoms with Crippen LogP contribution in [0.1, 0.15) is 85.8 Å². The molecule has 0 saturated heterocycles. The highest BCUT2D eigenvalue weighted by Gasteiger charge is 2.31. The van der Waals surface area contributed by atoms with Crippen LogP contribution in [0, 0.1) is 5.92 Å². The molecule has 0 radical (unpaired) electrons. The summed E-state index contributed by atoms with van der Waals surface area (Å²) in [6.45, 7) is 6.86. The van der Waals surface area contributed by atoms with Crippen LogP contribution in [0.15, 0.2) is 72.8 Å². The molecular weight excluding hydrogens is 380 g/mol. The Bertz CT molecular complexity index is 906. The molecule has 31 heavy (non-hydrogen) atoms. The predicted molar refractivity (Wildman–Crippen MR) is 130 cm³/mol. The van der Waals surface area contributed by atoms with Gasteiger partial charge in [-0.15, -0.1) is 0 Å². The number of hydrogen-bond acceptors (Lipinski definition) is 1. The van der Waals surface area contributed by atoms with Crippen LogP contribution in [0.25, 0.3) is 0 Å². The van der Waals surface area contributed by atoms with Gasteiger partial charge in [0, 0.05) is 11.3 Å². The van der Waals surface area contributed by atoms with Gasteiger partial charge in [-0.1, -0.05) is 107 Å². The van der Waals surface area contributed by atoms with E-state index in [4.69, 9.17) is 5.11 Å². The van der Waals surface area contributed by atoms with Gasteiger partial charge in [0.15, 0.2) is 0 Å². The van der Waals surface area contributed by atoms with Crippen LogP contribution < -0.4 is 0 Å². The van der Waals surface area contributed by atoms with Gasteiger partial charge in [0.25, 0.3) is 0 Å². The van der Waals surface area contributed by atoms with Crippen molar-refractivity contribution < 1.29 is 9.90 Å². The Morgan fingerprint density at radius 2 is 1.68 bits per heavy atom. The second-order valence-corrected chi connectivity index (χ2v) is 9.04. The zero-order valence-corrected chi connectivity index (χ0v) is 19.2. The number of allylic oxidation sites excluding steroid dienone is 4. The highest BCUT2D eigenvalue weighted by Crippen LogP contribution is 2.41. The highest BCUT2D eigenvalue weighted by molar-refractivity contribution is 5.87. The van der Waals surface area contributed by atoms with Crippen molar-refractivity contribution in [3.63, 3.8) is 0 Å². The Labute approximate surface area is 187 Å². The standard InChI is InChI=1S/C29H36O2/c1-4-6-9-18-29(27-11-8-7-10-26(27)21-22(3)5-2)19-16-24(17-20-29)23-12-14-25(15-13-23)28(30)31/h7-8,10-17,19-20,22,24H,4-6,9,18,21H2,1-3H3,(H,30,31)/t22-,24?,29?/m0/s1.